The van der Waals surface area contributed by atoms with E-state index in [0.717, 1.165) is 16.7 Å². The monoisotopic (exact) mass is 252 g/mol. The van der Waals surface area contributed by atoms with Gasteiger partial charge in [0, 0.05) is 23.0 Å². The molecule has 0 radical (unpaired) electrons. The summed E-state index contributed by atoms with van der Waals surface area (Å²) < 4.78 is 5.22. The molecule has 2 atom stereocenters. The predicted molar refractivity (Wildman–Crippen MR) is 76.0 cm³/mol. The molecule has 3 N–H and O–H groups in total. The summed E-state index contributed by atoms with van der Waals surface area (Å²) in [5.41, 5.74) is 7.58. The molecule has 2 unspecified atom stereocenters. The minimum atomic E-state index is 0.584. The van der Waals surface area contributed by atoms with Crippen molar-refractivity contribution in [2.45, 2.75) is 30.6 Å². The van der Waals surface area contributed by atoms with Crippen molar-refractivity contribution >= 4 is 23.1 Å². The molecule has 17 heavy (non-hydrogen) atoms. The number of hydrogen-bond acceptors (Lipinski definition) is 4. The number of hydrogen-bond donors (Lipinski definition) is 2. The van der Waals surface area contributed by atoms with Gasteiger partial charge in [0.2, 0.25) is 0 Å². The zero-order valence-corrected chi connectivity index (χ0v) is 11.2. The van der Waals surface area contributed by atoms with Crippen molar-refractivity contribution in [2.24, 2.45) is 0 Å². The fourth-order valence-electron chi connectivity index (χ4n) is 2.32. The Morgan fingerprint density at radius 2 is 2.24 bits per heavy atom. The van der Waals surface area contributed by atoms with Crippen LogP contribution in [-0.2, 0) is 0 Å². The van der Waals surface area contributed by atoms with E-state index >= 15 is 0 Å². The largest absolute Gasteiger partial charge is 0.495 e. The Labute approximate surface area is 107 Å². The maximum Gasteiger partial charge on any atom is 0.143 e. The van der Waals surface area contributed by atoms with Crippen LogP contribution in [0.25, 0.3) is 0 Å². The third-order valence-corrected chi connectivity index (χ3v) is 4.42. The van der Waals surface area contributed by atoms with Crippen LogP contribution in [0.2, 0.25) is 0 Å². The molecule has 1 aliphatic carbocycles. The molecular formula is C13H20N2OS. The van der Waals surface area contributed by atoms with Crippen LogP contribution >= 0.6 is 11.8 Å². The Kier molecular flexibility index (Phi) is 4.05. The number of nitrogens with two attached hydrogens (primary N) is 1. The van der Waals surface area contributed by atoms with Gasteiger partial charge in [-0.15, -0.1) is 0 Å². The minimum absolute atomic E-state index is 0.584. The van der Waals surface area contributed by atoms with Gasteiger partial charge in [0.25, 0.3) is 0 Å². The lowest BCUT2D eigenvalue weighted by Crippen LogP contribution is -2.15. The molecule has 0 bridgehead atoms. The van der Waals surface area contributed by atoms with Crippen molar-refractivity contribution in [1.82, 2.24) is 0 Å². The number of thioether (sulfide) groups is 1. The molecule has 1 aromatic rings. The van der Waals surface area contributed by atoms with E-state index in [1.165, 1.54) is 19.3 Å². The number of benzene rings is 1. The van der Waals surface area contributed by atoms with Crippen molar-refractivity contribution < 1.29 is 4.74 Å². The van der Waals surface area contributed by atoms with Gasteiger partial charge in [-0.25, -0.2) is 0 Å². The fraction of sp³-hybridized carbons (Fsp3) is 0.538. The molecule has 0 aromatic heterocycles. The lowest BCUT2D eigenvalue weighted by atomic mass is 10.2. The van der Waals surface area contributed by atoms with E-state index in [1.807, 2.05) is 30.0 Å². The number of nitrogen functional groups attached to an aromatic ring is 1. The molecule has 0 amide bonds. The van der Waals surface area contributed by atoms with Crippen LogP contribution in [0.15, 0.2) is 18.2 Å². The molecule has 0 spiro atoms. The van der Waals surface area contributed by atoms with E-state index in [9.17, 15) is 0 Å². The van der Waals surface area contributed by atoms with E-state index in [4.69, 9.17) is 10.5 Å². The normalized spacial score (nSPS) is 23.6. The second-order valence-electron chi connectivity index (χ2n) is 4.47. The lowest BCUT2D eigenvalue weighted by Gasteiger charge is -2.15. The quantitative estimate of drug-likeness (QED) is 0.809. The van der Waals surface area contributed by atoms with Crippen molar-refractivity contribution in [3.05, 3.63) is 18.2 Å². The van der Waals surface area contributed by atoms with Crippen molar-refractivity contribution in [3.8, 4) is 5.75 Å². The molecule has 1 fully saturated rings. The summed E-state index contributed by atoms with van der Waals surface area (Å²) in [4.78, 5) is 0. The minimum Gasteiger partial charge on any atom is -0.495 e. The smallest absolute Gasteiger partial charge is 0.143 e. The zero-order chi connectivity index (χ0) is 12.3. The zero-order valence-electron chi connectivity index (χ0n) is 10.4. The number of methoxy groups -OCH3 is 1. The first-order valence-electron chi connectivity index (χ1n) is 5.95. The second-order valence-corrected chi connectivity index (χ2v) is 5.61. The first-order valence-corrected chi connectivity index (χ1v) is 7.24. The van der Waals surface area contributed by atoms with Crippen LogP contribution < -0.4 is 15.8 Å². The predicted octanol–water partition coefficient (Wildman–Crippen LogP) is 2.97. The van der Waals surface area contributed by atoms with Gasteiger partial charge in [-0.2, -0.15) is 11.8 Å². The van der Waals surface area contributed by atoms with Crippen LogP contribution in [0.1, 0.15) is 19.3 Å². The average Bonchev–Trinajstić information content (AvgIpc) is 2.79. The maximum atomic E-state index is 5.80. The molecule has 0 saturated heterocycles. The molecule has 0 heterocycles. The lowest BCUT2D eigenvalue weighted by molar-refractivity contribution is 0.417. The van der Waals surface area contributed by atoms with Crippen molar-refractivity contribution in [3.63, 3.8) is 0 Å². The number of rotatable bonds is 4. The summed E-state index contributed by atoms with van der Waals surface area (Å²) >= 11 is 1.97. The van der Waals surface area contributed by atoms with E-state index in [-0.39, 0.29) is 0 Å². The second kappa shape index (κ2) is 5.54. The van der Waals surface area contributed by atoms with Gasteiger partial charge >= 0.3 is 0 Å². The molecule has 3 nitrogen and oxygen atoms in total. The van der Waals surface area contributed by atoms with Gasteiger partial charge in [-0.05, 0) is 37.7 Å². The Morgan fingerprint density at radius 1 is 1.41 bits per heavy atom. The highest BCUT2D eigenvalue weighted by Gasteiger charge is 2.23. The molecule has 4 heteroatoms. The van der Waals surface area contributed by atoms with Crippen LogP contribution in [-0.4, -0.2) is 24.7 Å². The van der Waals surface area contributed by atoms with Gasteiger partial charge in [0.1, 0.15) is 5.75 Å². The molecule has 2 rings (SSSR count). The van der Waals surface area contributed by atoms with Crippen LogP contribution in [0.5, 0.6) is 5.75 Å². The third-order valence-electron chi connectivity index (χ3n) is 3.32. The third kappa shape index (κ3) is 3.00. The summed E-state index contributed by atoms with van der Waals surface area (Å²) in [6.45, 7) is 0. The molecular weight excluding hydrogens is 232 g/mol. The summed E-state index contributed by atoms with van der Waals surface area (Å²) in [5, 5.41) is 4.37. The standard InChI is InChI=1S/C13H20N2OS/c1-16-13-8-10(4-6-12(13)14)15-9-3-5-11(7-9)17-2/h4,6,8-9,11,15H,3,5,7,14H2,1-2H3. The van der Waals surface area contributed by atoms with Crippen LogP contribution in [0.3, 0.4) is 0 Å². The van der Waals surface area contributed by atoms with E-state index in [0.29, 0.717) is 11.7 Å². The highest BCUT2D eigenvalue weighted by Crippen LogP contribution is 2.32. The van der Waals surface area contributed by atoms with Gasteiger partial charge in [-0.1, -0.05) is 0 Å². The molecule has 1 aliphatic rings. The highest BCUT2D eigenvalue weighted by atomic mass is 32.2. The molecule has 1 saturated carbocycles. The van der Waals surface area contributed by atoms with Gasteiger partial charge in [0.15, 0.2) is 0 Å². The van der Waals surface area contributed by atoms with E-state index in [2.05, 4.69) is 11.6 Å². The fourth-order valence-corrected chi connectivity index (χ4v) is 3.12. The Morgan fingerprint density at radius 3 is 2.88 bits per heavy atom. The Balaban J connectivity index is 1.99. The van der Waals surface area contributed by atoms with Crippen LogP contribution in [0, 0.1) is 0 Å². The Hall–Kier alpha value is -1.03. The van der Waals surface area contributed by atoms with E-state index in [1.54, 1.807) is 7.11 Å². The first-order chi connectivity index (χ1) is 8.22. The summed E-state index contributed by atoms with van der Waals surface area (Å²) in [6, 6.07) is 6.47. The summed E-state index contributed by atoms with van der Waals surface area (Å²) in [6.07, 6.45) is 6.00. The number of anilines is 2. The van der Waals surface area contributed by atoms with Gasteiger partial charge in [-0.3, -0.25) is 0 Å². The summed E-state index contributed by atoms with van der Waals surface area (Å²) in [5.74, 6) is 0.745. The molecule has 1 aromatic carbocycles. The first kappa shape index (κ1) is 12.4. The average molecular weight is 252 g/mol. The highest BCUT2D eigenvalue weighted by molar-refractivity contribution is 7.99. The van der Waals surface area contributed by atoms with Crippen LogP contribution in [0.4, 0.5) is 11.4 Å². The van der Waals surface area contributed by atoms with Gasteiger partial charge < -0.3 is 15.8 Å². The molecule has 94 valence electrons. The van der Waals surface area contributed by atoms with Crippen molar-refractivity contribution in [1.29, 1.82) is 0 Å². The number of ether oxygens (including phenoxy) is 1. The maximum absolute atomic E-state index is 5.80. The number of nitrogens with one attached hydrogen (secondary N) is 1. The SMILES string of the molecule is COc1cc(NC2CCC(SC)C2)ccc1N. The molecule has 0 aliphatic heterocycles. The van der Waals surface area contributed by atoms with Gasteiger partial charge in [0.05, 0.1) is 12.8 Å². The summed E-state index contributed by atoms with van der Waals surface area (Å²) in [7, 11) is 1.65. The topological polar surface area (TPSA) is 47.3 Å². The van der Waals surface area contributed by atoms with E-state index < -0.39 is 0 Å². The Bertz CT molecular complexity index is 384. The van der Waals surface area contributed by atoms with Crippen molar-refractivity contribution in [2.75, 3.05) is 24.4 Å².